The lowest BCUT2D eigenvalue weighted by Gasteiger charge is -2.40. The van der Waals surface area contributed by atoms with E-state index in [4.69, 9.17) is 14.6 Å². The van der Waals surface area contributed by atoms with Crippen molar-refractivity contribution in [3.8, 4) is 0 Å². The van der Waals surface area contributed by atoms with Crippen molar-refractivity contribution in [3.05, 3.63) is 25.3 Å². The predicted molar refractivity (Wildman–Crippen MR) is 149 cm³/mol. The molecular weight excluding hydrogens is 496 g/mol. The van der Waals surface area contributed by atoms with Crippen molar-refractivity contribution in [2.75, 3.05) is 26.3 Å². The molecule has 0 radical (unpaired) electrons. The van der Waals surface area contributed by atoms with Gasteiger partial charge in [0.1, 0.15) is 11.6 Å². The highest BCUT2D eigenvalue weighted by Gasteiger charge is 2.75. The molecule has 1 aliphatic carbocycles. The molecule has 3 saturated heterocycles. The van der Waals surface area contributed by atoms with Crippen molar-refractivity contribution in [3.63, 3.8) is 0 Å². The molecule has 1 N–H and O–H groups in total. The summed E-state index contributed by atoms with van der Waals surface area (Å²) in [6.07, 6.45) is 15.5. The molecule has 1 spiro atoms. The molecule has 4 aliphatic rings. The minimum atomic E-state index is -0.982. The molecule has 5 atom stereocenters. The lowest BCUT2D eigenvalue weighted by atomic mass is 9.70. The third kappa shape index (κ3) is 6.12. The van der Waals surface area contributed by atoms with E-state index >= 15 is 0 Å². The number of rotatable bonds is 16. The topological polar surface area (TPSA) is 96.4 Å². The summed E-state index contributed by atoms with van der Waals surface area (Å²) in [6, 6.07) is -0.596. The first-order valence-corrected chi connectivity index (χ1v) is 15.3. The van der Waals surface area contributed by atoms with Gasteiger partial charge in [0.15, 0.2) is 0 Å². The second-order valence-corrected chi connectivity index (χ2v) is 11.7. The molecule has 0 aromatic heterocycles. The fourth-order valence-electron chi connectivity index (χ4n) is 7.46. The van der Waals surface area contributed by atoms with Gasteiger partial charge in [0.2, 0.25) is 11.8 Å². The standard InChI is InChI=1S/C31H48N2O6/c1-3-5-6-14-22-38-30(37)25-24-17-18-31(39-24)26(25)28(35)33(20-12-7-8-13-21-34)27(31)29(36)32(19-4-2)23-15-10-9-11-16-23/h3-4,23-27,34H,1-2,5-22H2/t24-,25+,26-,27?,31?/m0/s1. The number of carbonyl (C=O) groups is 3. The van der Waals surface area contributed by atoms with E-state index in [-0.39, 0.29) is 36.5 Å². The van der Waals surface area contributed by atoms with Crippen LogP contribution >= 0.6 is 0 Å². The lowest BCUT2D eigenvalue weighted by Crippen LogP contribution is -2.58. The third-order valence-electron chi connectivity index (χ3n) is 9.28. The van der Waals surface area contributed by atoms with Gasteiger partial charge in [0.25, 0.3) is 0 Å². The van der Waals surface area contributed by atoms with Crippen LogP contribution in [-0.4, -0.2) is 82.8 Å². The van der Waals surface area contributed by atoms with Crippen molar-refractivity contribution >= 4 is 17.8 Å². The van der Waals surface area contributed by atoms with Gasteiger partial charge < -0.3 is 24.4 Å². The van der Waals surface area contributed by atoms with E-state index in [1.54, 1.807) is 11.0 Å². The van der Waals surface area contributed by atoms with Crippen molar-refractivity contribution < 1.29 is 29.0 Å². The van der Waals surface area contributed by atoms with Gasteiger partial charge in [0.05, 0.1) is 24.5 Å². The zero-order valence-corrected chi connectivity index (χ0v) is 23.6. The van der Waals surface area contributed by atoms with Crippen molar-refractivity contribution in [2.45, 2.75) is 114 Å². The van der Waals surface area contributed by atoms with Crippen molar-refractivity contribution in [2.24, 2.45) is 11.8 Å². The largest absolute Gasteiger partial charge is 0.465 e. The number of aliphatic hydroxyl groups is 1. The maximum absolute atomic E-state index is 14.4. The van der Waals surface area contributed by atoms with Gasteiger partial charge in [-0.2, -0.15) is 0 Å². The van der Waals surface area contributed by atoms with Gasteiger partial charge in [-0.05, 0) is 57.8 Å². The number of ether oxygens (including phenoxy) is 2. The normalized spacial score (nSPS) is 29.9. The van der Waals surface area contributed by atoms with Gasteiger partial charge in [-0.1, -0.05) is 44.3 Å². The van der Waals surface area contributed by atoms with Crippen LogP contribution in [0.2, 0.25) is 0 Å². The average Bonchev–Trinajstić information content (AvgIpc) is 3.59. The molecule has 8 nitrogen and oxygen atoms in total. The highest BCUT2D eigenvalue weighted by molar-refractivity contribution is 5.98. The van der Waals surface area contributed by atoms with Crippen LogP contribution in [0.4, 0.5) is 0 Å². The minimum absolute atomic E-state index is 0.0629. The Balaban J connectivity index is 1.57. The van der Waals surface area contributed by atoms with E-state index in [2.05, 4.69) is 13.2 Å². The zero-order valence-electron chi connectivity index (χ0n) is 23.6. The van der Waals surface area contributed by atoms with E-state index in [0.717, 1.165) is 70.6 Å². The van der Waals surface area contributed by atoms with Crippen molar-refractivity contribution in [1.29, 1.82) is 0 Å². The van der Waals surface area contributed by atoms with Gasteiger partial charge in [-0.25, -0.2) is 0 Å². The number of allylic oxidation sites excluding steroid dienone is 1. The fourth-order valence-corrected chi connectivity index (χ4v) is 7.46. The summed E-state index contributed by atoms with van der Waals surface area (Å²) in [4.78, 5) is 45.5. The van der Waals surface area contributed by atoms with Crippen LogP contribution in [0.5, 0.6) is 0 Å². The number of hydrogen-bond donors (Lipinski definition) is 1. The quantitative estimate of drug-likeness (QED) is 0.178. The summed E-state index contributed by atoms with van der Waals surface area (Å²) in [5, 5.41) is 9.15. The molecule has 2 unspecified atom stereocenters. The Morgan fingerprint density at radius 3 is 2.54 bits per heavy atom. The van der Waals surface area contributed by atoms with Crippen LogP contribution in [0, 0.1) is 11.8 Å². The zero-order chi connectivity index (χ0) is 27.8. The first-order valence-electron chi connectivity index (χ1n) is 15.3. The fraction of sp³-hybridized carbons (Fsp3) is 0.774. The van der Waals surface area contributed by atoms with Crippen LogP contribution in [0.15, 0.2) is 25.3 Å². The molecule has 1 saturated carbocycles. The molecule has 8 heteroatoms. The number of hydrogen-bond acceptors (Lipinski definition) is 6. The highest BCUT2D eigenvalue weighted by Crippen LogP contribution is 2.59. The van der Waals surface area contributed by atoms with Crippen LogP contribution in [0.1, 0.15) is 89.9 Å². The first kappa shape index (κ1) is 29.8. The molecule has 2 bridgehead atoms. The molecule has 2 amide bonds. The molecular formula is C31H48N2O6. The maximum Gasteiger partial charge on any atom is 0.312 e. The Bertz CT molecular complexity index is 886. The SMILES string of the molecule is C=CCCCCOC(=O)[C@@H]1[C@@H]2CCC3(O2)C(C(=O)N(CC=C)C2CCCCC2)N(CCCCCCO)C(=O)[C@H]13. The number of carbonyl (C=O) groups excluding carboxylic acids is 3. The number of amides is 2. The molecule has 0 aromatic carbocycles. The van der Waals surface area contributed by atoms with E-state index < -0.39 is 23.5 Å². The number of esters is 1. The summed E-state index contributed by atoms with van der Waals surface area (Å²) in [7, 11) is 0. The number of fused-ring (bicyclic) bond motifs is 1. The van der Waals surface area contributed by atoms with E-state index in [1.807, 2.05) is 11.0 Å². The molecule has 0 aromatic rings. The molecule has 4 fully saturated rings. The monoisotopic (exact) mass is 544 g/mol. The van der Waals surface area contributed by atoms with Gasteiger partial charge in [0, 0.05) is 25.7 Å². The highest BCUT2D eigenvalue weighted by atomic mass is 16.6. The molecule has 4 rings (SSSR count). The average molecular weight is 545 g/mol. The van der Waals surface area contributed by atoms with Gasteiger partial charge >= 0.3 is 5.97 Å². The van der Waals surface area contributed by atoms with Crippen LogP contribution in [0.3, 0.4) is 0 Å². The van der Waals surface area contributed by atoms with Crippen LogP contribution in [0.25, 0.3) is 0 Å². The molecule has 3 aliphatic heterocycles. The van der Waals surface area contributed by atoms with Crippen LogP contribution in [-0.2, 0) is 23.9 Å². The van der Waals surface area contributed by atoms with E-state index in [9.17, 15) is 14.4 Å². The predicted octanol–water partition coefficient (Wildman–Crippen LogP) is 4.16. The Morgan fingerprint density at radius 1 is 1.05 bits per heavy atom. The molecule has 39 heavy (non-hydrogen) atoms. The Kier molecular flexibility index (Phi) is 10.6. The van der Waals surface area contributed by atoms with E-state index in [0.29, 0.717) is 32.5 Å². The lowest BCUT2D eigenvalue weighted by molar-refractivity contribution is -0.155. The number of unbranched alkanes of at least 4 members (excludes halogenated alkanes) is 5. The summed E-state index contributed by atoms with van der Waals surface area (Å²) >= 11 is 0. The van der Waals surface area contributed by atoms with Gasteiger partial charge in [-0.15, -0.1) is 13.2 Å². The Labute approximate surface area is 233 Å². The smallest absolute Gasteiger partial charge is 0.312 e. The third-order valence-corrected chi connectivity index (χ3v) is 9.28. The summed E-state index contributed by atoms with van der Waals surface area (Å²) < 4.78 is 12.2. The van der Waals surface area contributed by atoms with Crippen molar-refractivity contribution in [1.82, 2.24) is 9.80 Å². The number of likely N-dealkylation sites (tertiary alicyclic amines) is 1. The number of nitrogens with zero attached hydrogens (tertiary/aromatic N) is 2. The molecule has 218 valence electrons. The number of aliphatic hydroxyl groups excluding tert-OH is 1. The minimum Gasteiger partial charge on any atom is -0.465 e. The molecule has 3 heterocycles. The van der Waals surface area contributed by atoms with E-state index in [1.165, 1.54) is 6.42 Å². The summed E-state index contributed by atoms with van der Waals surface area (Å²) in [6.45, 7) is 9.01. The second kappa shape index (κ2) is 13.9. The summed E-state index contributed by atoms with van der Waals surface area (Å²) in [5.41, 5.74) is -0.982. The second-order valence-electron chi connectivity index (χ2n) is 11.7. The maximum atomic E-state index is 14.4. The first-order chi connectivity index (χ1) is 19.0. The van der Waals surface area contributed by atoms with Gasteiger partial charge in [-0.3, -0.25) is 14.4 Å². The van der Waals surface area contributed by atoms with Crippen LogP contribution < -0.4 is 0 Å². The summed E-state index contributed by atoms with van der Waals surface area (Å²) in [5.74, 6) is -1.92. The Hall–Kier alpha value is -2.19. The Morgan fingerprint density at radius 2 is 1.82 bits per heavy atom.